The first kappa shape index (κ1) is 49.1. The van der Waals surface area contributed by atoms with Gasteiger partial charge in [-0.1, -0.05) is 0 Å². The molecule has 0 aliphatic heterocycles. The van der Waals surface area contributed by atoms with Crippen LogP contribution in [0, 0.1) is 26.6 Å². The van der Waals surface area contributed by atoms with E-state index < -0.39 is 0 Å². The molecule has 0 N–H and O–H groups in total. The zero-order valence-corrected chi connectivity index (χ0v) is 13.3. The van der Waals surface area contributed by atoms with E-state index in [-0.39, 0.29) is 120 Å². The minimum absolute atomic E-state index is 0. The van der Waals surface area contributed by atoms with Crippen LogP contribution < -0.4 is 0 Å². The van der Waals surface area contributed by atoms with Crippen molar-refractivity contribution in [3.8, 4) is 0 Å². The van der Waals surface area contributed by atoms with Crippen LogP contribution in [0.4, 0.5) is 0 Å². The molecule has 0 bridgehead atoms. The van der Waals surface area contributed by atoms with Crippen LogP contribution in [0.5, 0.6) is 0 Å². The molecule has 0 saturated carbocycles. The molecule has 0 aromatic heterocycles. The van der Waals surface area contributed by atoms with Crippen LogP contribution in [0.25, 0.3) is 0 Å². The Labute approximate surface area is 161 Å². The van der Waals surface area contributed by atoms with E-state index in [1.807, 2.05) is 0 Å². The topological polar surface area (TPSA) is 79.6 Å². The SMILES string of the molecule is [C-]#[O+].[C-]#[O+].[C-]#[O+].[C-]#[O+].[Fe].[K].[K]. The number of rotatable bonds is 0. The number of hydrogen-bond donors (Lipinski definition) is 0. The summed E-state index contributed by atoms with van der Waals surface area (Å²) < 4.78 is 30.0. The minimum Gasteiger partial charge on any atom is 0 e. The molecule has 0 heterocycles. The van der Waals surface area contributed by atoms with Gasteiger partial charge in [-0.25, -0.2) is 0 Å². The third-order valence-corrected chi connectivity index (χ3v) is 0. The summed E-state index contributed by atoms with van der Waals surface area (Å²) in [6.45, 7) is 18.0. The molecule has 0 rings (SSSR count). The van der Waals surface area contributed by atoms with Crippen molar-refractivity contribution in [1.29, 1.82) is 0 Å². The van der Waals surface area contributed by atoms with Crippen LogP contribution in [0.15, 0.2) is 0 Å². The monoisotopic (exact) mass is 246 g/mol. The fourth-order valence-corrected chi connectivity index (χ4v) is 0. The standard InChI is InChI=1S/4CO.Fe.2K/c4*1-2;;;. The first-order valence-electron chi connectivity index (χ1n) is 0.816. The second kappa shape index (κ2) is 233. The zero-order valence-electron chi connectivity index (χ0n) is 5.99. The summed E-state index contributed by atoms with van der Waals surface area (Å²) in [6, 6.07) is 0. The van der Waals surface area contributed by atoms with Crippen LogP contribution in [0.3, 0.4) is 0 Å². The van der Waals surface area contributed by atoms with Crippen molar-refractivity contribution in [3.63, 3.8) is 0 Å². The second-order valence-electron chi connectivity index (χ2n) is 0. The first-order chi connectivity index (χ1) is 4.00. The van der Waals surface area contributed by atoms with E-state index in [1.165, 1.54) is 0 Å². The molecule has 0 saturated heterocycles. The van der Waals surface area contributed by atoms with Crippen LogP contribution >= 0.6 is 0 Å². The predicted molar refractivity (Wildman–Crippen MR) is 27.2 cm³/mol. The van der Waals surface area contributed by atoms with Gasteiger partial charge in [-0.15, -0.1) is 0 Å². The Morgan fingerprint density at radius 3 is 0.455 bits per heavy atom. The molecule has 0 unspecified atom stereocenters. The Kier molecular flexibility index (Phi) is 1040. The van der Waals surface area contributed by atoms with E-state index in [0.717, 1.165) is 0 Å². The maximum atomic E-state index is 7.50. The fraction of sp³-hybridized carbons (Fsp3) is 0. The molecule has 0 aliphatic rings. The van der Waals surface area contributed by atoms with Gasteiger partial charge in [-0.3, -0.25) is 0 Å². The van der Waals surface area contributed by atoms with Gasteiger partial charge in [-0.2, -0.15) is 0 Å². The summed E-state index contributed by atoms with van der Waals surface area (Å²) in [7, 11) is 0. The van der Waals surface area contributed by atoms with Crippen LogP contribution in [-0.4, -0.2) is 103 Å². The third-order valence-electron chi connectivity index (χ3n) is 0. The van der Waals surface area contributed by atoms with Gasteiger partial charge in [-0.05, 0) is 0 Å². The molecule has 7 heteroatoms. The average Bonchev–Trinajstić information content (AvgIpc) is 2.03. The summed E-state index contributed by atoms with van der Waals surface area (Å²) in [6.07, 6.45) is 0. The molecule has 0 amide bonds. The van der Waals surface area contributed by atoms with Crippen LogP contribution in [0.2, 0.25) is 0 Å². The summed E-state index contributed by atoms with van der Waals surface area (Å²) >= 11 is 0. The van der Waals surface area contributed by atoms with E-state index in [0.29, 0.717) is 0 Å². The van der Waals surface area contributed by atoms with Gasteiger partial charge < -0.3 is 0 Å². The van der Waals surface area contributed by atoms with E-state index in [4.69, 9.17) is 18.6 Å². The van der Waals surface area contributed by atoms with E-state index in [1.54, 1.807) is 0 Å². The smallest absolute Gasteiger partial charge is 0 e. The molecular formula is C4FeK2O4. The van der Waals surface area contributed by atoms with Gasteiger partial charge in [0.2, 0.25) is 0 Å². The molecule has 0 aromatic carbocycles. The van der Waals surface area contributed by atoms with Crippen molar-refractivity contribution in [1.82, 2.24) is 0 Å². The molecule has 0 aromatic rings. The van der Waals surface area contributed by atoms with Gasteiger partial charge in [0, 0.05) is 120 Å². The van der Waals surface area contributed by atoms with E-state index >= 15 is 0 Å². The van der Waals surface area contributed by atoms with E-state index in [9.17, 15) is 0 Å². The Hall–Kier alpha value is 2.75. The Morgan fingerprint density at radius 2 is 0.455 bits per heavy atom. The van der Waals surface area contributed by atoms with E-state index in [2.05, 4.69) is 26.6 Å². The van der Waals surface area contributed by atoms with Crippen molar-refractivity contribution in [3.05, 3.63) is 26.6 Å². The van der Waals surface area contributed by atoms with Crippen LogP contribution in [-0.2, 0) is 35.7 Å². The second-order valence-corrected chi connectivity index (χ2v) is 0. The molecule has 0 aliphatic carbocycles. The van der Waals surface area contributed by atoms with Crippen LogP contribution in [0.1, 0.15) is 0 Å². The molecule has 4 nitrogen and oxygen atoms in total. The maximum absolute atomic E-state index is 7.50. The molecule has 0 fully saturated rings. The number of hydrogen-bond acceptors (Lipinski definition) is 0. The Balaban J connectivity index is -0.00000000356. The molecule has 0 atom stereocenters. The van der Waals surface area contributed by atoms with Crippen molar-refractivity contribution in [2.45, 2.75) is 0 Å². The van der Waals surface area contributed by atoms with Crippen molar-refractivity contribution < 1.29 is 35.7 Å². The Morgan fingerprint density at radius 1 is 0.455 bits per heavy atom. The zero-order chi connectivity index (χ0) is 8.00. The summed E-state index contributed by atoms with van der Waals surface area (Å²) in [5.41, 5.74) is 0. The van der Waals surface area contributed by atoms with Gasteiger partial charge in [0.05, 0.1) is 0 Å². The largest absolute Gasteiger partial charge is 0 e. The summed E-state index contributed by atoms with van der Waals surface area (Å²) in [5, 5.41) is 0. The molecule has 0 spiro atoms. The van der Waals surface area contributed by atoms with Gasteiger partial charge in [0.25, 0.3) is 0 Å². The predicted octanol–water partition coefficient (Wildman–Crippen LogP) is -0.914. The normalized spacial score (nSPS) is 0.727. The summed E-state index contributed by atoms with van der Waals surface area (Å²) in [5.74, 6) is 0. The van der Waals surface area contributed by atoms with Gasteiger partial charge in [0.1, 0.15) is 0 Å². The minimum atomic E-state index is 0. The fourth-order valence-electron chi connectivity index (χ4n) is 0. The van der Waals surface area contributed by atoms with Gasteiger partial charge in [0.15, 0.2) is 0 Å². The first-order valence-corrected chi connectivity index (χ1v) is 0.816. The Bertz CT molecular complexity index is 63.1. The molecule has 2 radical (unpaired) electrons. The van der Waals surface area contributed by atoms with Crippen molar-refractivity contribution in [2.24, 2.45) is 0 Å². The molecule has 50 valence electrons. The van der Waals surface area contributed by atoms with Crippen molar-refractivity contribution >= 4 is 103 Å². The maximum Gasteiger partial charge on any atom is 0 e. The average molecular weight is 246 g/mol. The molecular weight excluding hydrogens is 246 g/mol. The van der Waals surface area contributed by atoms with Crippen molar-refractivity contribution in [2.75, 3.05) is 0 Å². The quantitative estimate of drug-likeness (QED) is 0.301. The van der Waals surface area contributed by atoms with Gasteiger partial charge >= 0.3 is 45.2 Å². The third kappa shape index (κ3) is 195. The summed E-state index contributed by atoms with van der Waals surface area (Å²) in [4.78, 5) is 0. The molecule has 11 heavy (non-hydrogen) atoms.